The molecule has 3 aromatic rings. The summed E-state index contributed by atoms with van der Waals surface area (Å²) in [6.07, 6.45) is 4.15. The molecule has 1 aromatic carbocycles. The summed E-state index contributed by atoms with van der Waals surface area (Å²) in [5.74, 6) is 0. The number of rotatable bonds is 2. The highest BCUT2D eigenvalue weighted by molar-refractivity contribution is 6.31. The minimum atomic E-state index is -0.0240. The second-order valence-corrected chi connectivity index (χ2v) is 4.68. The molecule has 3 rings (SSSR count). The van der Waals surface area contributed by atoms with Crippen molar-refractivity contribution in [2.45, 2.75) is 19.9 Å². The lowest BCUT2D eigenvalue weighted by Gasteiger charge is -2.11. The van der Waals surface area contributed by atoms with Crippen molar-refractivity contribution in [1.29, 1.82) is 0 Å². The van der Waals surface area contributed by atoms with E-state index in [4.69, 9.17) is 11.6 Å². The van der Waals surface area contributed by atoms with Crippen LogP contribution < -0.4 is 5.56 Å². The van der Waals surface area contributed by atoms with Crippen LogP contribution in [0.25, 0.3) is 16.6 Å². The van der Waals surface area contributed by atoms with E-state index in [0.29, 0.717) is 17.1 Å². The van der Waals surface area contributed by atoms with Crippen molar-refractivity contribution in [2.75, 3.05) is 0 Å². The van der Waals surface area contributed by atoms with Gasteiger partial charge in [0.25, 0.3) is 5.56 Å². The molecule has 0 fully saturated rings. The van der Waals surface area contributed by atoms with Gasteiger partial charge in [0.15, 0.2) is 0 Å². The van der Waals surface area contributed by atoms with Crippen LogP contribution >= 0.6 is 11.6 Å². The van der Waals surface area contributed by atoms with E-state index in [2.05, 4.69) is 4.98 Å². The zero-order valence-corrected chi connectivity index (χ0v) is 10.7. The molecule has 0 aliphatic rings. The molecule has 2 aromatic heterocycles. The van der Waals surface area contributed by atoms with E-state index in [0.717, 1.165) is 17.5 Å². The number of aryl methyl sites for hydroxylation is 1. The number of hydrogen-bond acceptors (Lipinski definition) is 2. The highest BCUT2D eigenvalue weighted by Crippen LogP contribution is 2.19. The zero-order chi connectivity index (χ0) is 12.7. The third-order valence-electron chi connectivity index (χ3n) is 3.04. The molecular formula is C13H12ClN3O. The maximum absolute atomic E-state index is 12.4. The van der Waals surface area contributed by atoms with Gasteiger partial charge in [-0.2, -0.15) is 0 Å². The Morgan fingerprint density at radius 1 is 1.28 bits per heavy atom. The molecule has 92 valence electrons. The number of benzene rings is 1. The van der Waals surface area contributed by atoms with Gasteiger partial charge < -0.3 is 4.57 Å². The molecule has 2 heterocycles. The standard InChI is InChI=1S/C13H12ClN3O/c1-2-5-16-11-6-9(14)3-4-10(11)17-8-15-7-12(17)13(16)18/h3-4,6-8H,2,5H2,1H3. The molecule has 0 N–H and O–H groups in total. The smallest absolute Gasteiger partial charge is 0.276 e. The van der Waals surface area contributed by atoms with E-state index in [9.17, 15) is 4.79 Å². The van der Waals surface area contributed by atoms with Crippen LogP contribution in [0.15, 0.2) is 35.5 Å². The SMILES string of the molecule is CCCn1c(=O)c2cncn2c2ccc(Cl)cc21. The lowest BCUT2D eigenvalue weighted by molar-refractivity contribution is 0.678. The van der Waals surface area contributed by atoms with Crippen LogP contribution in [0.4, 0.5) is 0 Å². The second kappa shape index (κ2) is 4.14. The van der Waals surface area contributed by atoms with Crippen LogP contribution in [-0.2, 0) is 6.54 Å². The molecule has 0 amide bonds. The van der Waals surface area contributed by atoms with E-state index in [-0.39, 0.29) is 5.56 Å². The van der Waals surface area contributed by atoms with E-state index in [1.54, 1.807) is 21.5 Å². The van der Waals surface area contributed by atoms with Gasteiger partial charge in [-0.25, -0.2) is 4.98 Å². The zero-order valence-electron chi connectivity index (χ0n) is 9.93. The van der Waals surface area contributed by atoms with Gasteiger partial charge in [-0.05, 0) is 24.6 Å². The molecule has 0 aliphatic carbocycles. The number of nitrogens with zero attached hydrogens (tertiary/aromatic N) is 3. The van der Waals surface area contributed by atoms with Crippen molar-refractivity contribution in [3.05, 3.63) is 46.1 Å². The number of halogens is 1. The van der Waals surface area contributed by atoms with Gasteiger partial charge in [0.2, 0.25) is 0 Å². The Morgan fingerprint density at radius 3 is 2.89 bits per heavy atom. The fraction of sp³-hybridized carbons (Fsp3) is 0.231. The second-order valence-electron chi connectivity index (χ2n) is 4.24. The Bertz CT molecular complexity index is 788. The molecule has 0 radical (unpaired) electrons. The average molecular weight is 262 g/mol. The first-order valence-corrected chi connectivity index (χ1v) is 6.24. The monoisotopic (exact) mass is 261 g/mol. The number of fused-ring (bicyclic) bond motifs is 3. The highest BCUT2D eigenvalue weighted by Gasteiger charge is 2.10. The lowest BCUT2D eigenvalue weighted by Crippen LogP contribution is -2.22. The summed E-state index contributed by atoms with van der Waals surface area (Å²) in [6, 6.07) is 5.56. The fourth-order valence-corrected chi connectivity index (χ4v) is 2.42. The fourth-order valence-electron chi connectivity index (χ4n) is 2.26. The molecule has 0 atom stereocenters. The van der Waals surface area contributed by atoms with E-state index < -0.39 is 0 Å². The Kier molecular flexibility index (Phi) is 2.59. The highest BCUT2D eigenvalue weighted by atomic mass is 35.5. The third-order valence-corrected chi connectivity index (χ3v) is 3.27. The molecule has 0 spiro atoms. The van der Waals surface area contributed by atoms with Crippen LogP contribution in [-0.4, -0.2) is 14.0 Å². The van der Waals surface area contributed by atoms with Gasteiger partial charge >= 0.3 is 0 Å². The Balaban J connectivity index is 2.56. The Labute approximate surface area is 108 Å². The van der Waals surface area contributed by atoms with Crippen LogP contribution in [0.2, 0.25) is 5.02 Å². The number of hydrogen-bond donors (Lipinski definition) is 0. The maximum atomic E-state index is 12.4. The molecule has 0 bridgehead atoms. The number of aromatic nitrogens is 3. The van der Waals surface area contributed by atoms with Gasteiger partial charge in [-0.15, -0.1) is 0 Å². The van der Waals surface area contributed by atoms with Gasteiger partial charge in [0, 0.05) is 11.6 Å². The molecule has 0 unspecified atom stereocenters. The summed E-state index contributed by atoms with van der Waals surface area (Å²) in [4.78, 5) is 16.4. The Morgan fingerprint density at radius 2 is 2.11 bits per heavy atom. The van der Waals surface area contributed by atoms with Gasteiger partial charge in [0.05, 0.1) is 23.6 Å². The molecule has 0 aliphatic heterocycles. The predicted molar refractivity (Wildman–Crippen MR) is 72.3 cm³/mol. The summed E-state index contributed by atoms with van der Waals surface area (Å²) < 4.78 is 3.57. The minimum Gasteiger partial charge on any atom is -0.305 e. The molecule has 18 heavy (non-hydrogen) atoms. The van der Waals surface area contributed by atoms with Crippen LogP contribution in [0, 0.1) is 0 Å². The third kappa shape index (κ3) is 1.53. The first-order valence-electron chi connectivity index (χ1n) is 5.86. The van der Waals surface area contributed by atoms with Crippen molar-refractivity contribution >= 4 is 28.2 Å². The topological polar surface area (TPSA) is 39.3 Å². The van der Waals surface area contributed by atoms with Crippen LogP contribution in [0.1, 0.15) is 13.3 Å². The van der Waals surface area contributed by atoms with E-state index >= 15 is 0 Å². The van der Waals surface area contributed by atoms with Gasteiger partial charge in [0.1, 0.15) is 5.52 Å². The summed E-state index contributed by atoms with van der Waals surface area (Å²) in [7, 11) is 0. The van der Waals surface area contributed by atoms with Crippen molar-refractivity contribution in [2.24, 2.45) is 0 Å². The molecule has 4 nitrogen and oxygen atoms in total. The summed E-state index contributed by atoms with van der Waals surface area (Å²) in [5.41, 5.74) is 2.36. The normalized spacial score (nSPS) is 11.4. The first-order chi connectivity index (χ1) is 8.72. The van der Waals surface area contributed by atoms with Crippen molar-refractivity contribution in [3.8, 4) is 0 Å². The average Bonchev–Trinajstić information content (AvgIpc) is 2.83. The Hall–Kier alpha value is -1.81. The minimum absolute atomic E-state index is 0.0240. The summed E-state index contributed by atoms with van der Waals surface area (Å²) in [6.45, 7) is 2.72. The van der Waals surface area contributed by atoms with Crippen LogP contribution in [0.5, 0.6) is 0 Å². The lowest BCUT2D eigenvalue weighted by atomic mass is 10.2. The summed E-state index contributed by atoms with van der Waals surface area (Å²) >= 11 is 6.03. The van der Waals surface area contributed by atoms with Crippen molar-refractivity contribution in [3.63, 3.8) is 0 Å². The predicted octanol–water partition coefficient (Wildman–Crippen LogP) is 2.71. The van der Waals surface area contributed by atoms with E-state index in [1.807, 2.05) is 25.1 Å². The molecule has 0 saturated carbocycles. The maximum Gasteiger partial charge on any atom is 0.276 e. The molecule has 5 heteroatoms. The quantitative estimate of drug-likeness (QED) is 0.712. The van der Waals surface area contributed by atoms with E-state index in [1.165, 1.54) is 0 Å². The first kappa shape index (κ1) is 11.3. The van der Waals surface area contributed by atoms with Gasteiger partial charge in [-0.3, -0.25) is 9.20 Å². The largest absolute Gasteiger partial charge is 0.305 e. The van der Waals surface area contributed by atoms with Crippen LogP contribution in [0.3, 0.4) is 0 Å². The van der Waals surface area contributed by atoms with Crippen molar-refractivity contribution < 1.29 is 0 Å². The molecular weight excluding hydrogens is 250 g/mol. The van der Waals surface area contributed by atoms with Crippen molar-refractivity contribution in [1.82, 2.24) is 14.0 Å². The summed E-state index contributed by atoms with van der Waals surface area (Å²) in [5, 5.41) is 0.631. The molecule has 0 saturated heterocycles. The number of imidazole rings is 1. The van der Waals surface area contributed by atoms with Gasteiger partial charge in [-0.1, -0.05) is 18.5 Å².